The highest BCUT2D eigenvalue weighted by Crippen LogP contribution is 2.27. The van der Waals surface area contributed by atoms with E-state index in [0.29, 0.717) is 39.7 Å². The van der Waals surface area contributed by atoms with E-state index in [0.717, 1.165) is 0 Å². The third-order valence-electron chi connectivity index (χ3n) is 4.51. The maximum atomic E-state index is 13.1. The molecule has 0 aliphatic carbocycles. The number of benzene rings is 3. The van der Waals surface area contributed by atoms with Crippen molar-refractivity contribution in [3.63, 3.8) is 0 Å². The molecule has 1 heterocycles. The highest BCUT2D eigenvalue weighted by atomic mass is 19.1. The number of methoxy groups -OCH3 is 2. The number of amides is 1. The minimum atomic E-state index is -0.347. The number of ether oxygens (including phenoxy) is 2. The summed E-state index contributed by atoms with van der Waals surface area (Å²) in [5, 5.41) is 6.76. The Morgan fingerprint density at radius 1 is 0.935 bits per heavy atom. The Balaban J connectivity index is 1.56. The second kappa shape index (κ2) is 8.66. The summed E-state index contributed by atoms with van der Waals surface area (Å²) in [6.45, 7) is 0. The quantitative estimate of drug-likeness (QED) is 0.483. The summed E-state index contributed by atoms with van der Waals surface area (Å²) in [6, 6.07) is 17.7. The van der Waals surface area contributed by atoms with E-state index < -0.39 is 0 Å². The Morgan fingerprint density at radius 3 is 2.32 bits per heavy atom. The van der Waals surface area contributed by atoms with E-state index in [2.05, 4.69) is 15.5 Å². The van der Waals surface area contributed by atoms with Crippen LogP contribution in [0.1, 0.15) is 10.4 Å². The van der Waals surface area contributed by atoms with Crippen LogP contribution in [0.15, 0.2) is 71.3 Å². The summed E-state index contributed by atoms with van der Waals surface area (Å²) < 4.78 is 28.9. The van der Waals surface area contributed by atoms with Crippen molar-refractivity contribution < 1.29 is 23.2 Å². The van der Waals surface area contributed by atoms with Gasteiger partial charge in [-0.1, -0.05) is 11.2 Å². The van der Waals surface area contributed by atoms with Crippen LogP contribution in [0.5, 0.6) is 11.5 Å². The van der Waals surface area contributed by atoms with Gasteiger partial charge < -0.3 is 19.3 Å². The molecule has 1 N–H and O–H groups in total. The van der Waals surface area contributed by atoms with Crippen molar-refractivity contribution in [1.82, 2.24) is 10.1 Å². The summed E-state index contributed by atoms with van der Waals surface area (Å²) in [7, 11) is 3.07. The molecule has 4 rings (SSSR count). The van der Waals surface area contributed by atoms with Crippen LogP contribution in [0.25, 0.3) is 22.8 Å². The largest absolute Gasteiger partial charge is 0.497 e. The first-order valence-electron chi connectivity index (χ1n) is 9.30. The van der Waals surface area contributed by atoms with Gasteiger partial charge in [0.15, 0.2) is 0 Å². The monoisotopic (exact) mass is 419 g/mol. The Morgan fingerprint density at radius 2 is 1.65 bits per heavy atom. The molecule has 0 bridgehead atoms. The molecule has 156 valence electrons. The molecular weight excluding hydrogens is 401 g/mol. The van der Waals surface area contributed by atoms with Crippen LogP contribution >= 0.6 is 0 Å². The van der Waals surface area contributed by atoms with Crippen molar-refractivity contribution in [2.75, 3.05) is 19.5 Å². The van der Waals surface area contributed by atoms with Gasteiger partial charge in [-0.3, -0.25) is 4.79 Å². The van der Waals surface area contributed by atoms with Gasteiger partial charge in [0.25, 0.3) is 11.8 Å². The fourth-order valence-electron chi connectivity index (χ4n) is 2.93. The van der Waals surface area contributed by atoms with Crippen LogP contribution in [-0.2, 0) is 0 Å². The van der Waals surface area contributed by atoms with Crippen molar-refractivity contribution in [3.05, 3.63) is 78.1 Å². The summed E-state index contributed by atoms with van der Waals surface area (Å²) >= 11 is 0. The molecule has 0 aliphatic rings. The van der Waals surface area contributed by atoms with Gasteiger partial charge in [0, 0.05) is 40.6 Å². The molecule has 8 heteroatoms. The predicted octanol–water partition coefficient (Wildman–Crippen LogP) is 4.81. The van der Waals surface area contributed by atoms with Gasteiger partial charge in [-0.05, 0) is 42.5 Å². The molecular formula is C23H18FN3O4. The van der Waals surface area contributed by atoms with Crippen LogP contribution in [-0.4, -0.2) is 30.3 Å². The van der Waals surface area contributed by atoms with Crippen LogP contribution in [0.3, 0.4) is 0 Å². The molecule has 0 saturated carbocycles. The molecule has 0 saturated heterocycles. The molecule has 7 nitrogen and oxygen atoms in total. The zero-order valence-corrected chi connectivity index (χ0v) is 16.8. The van der Waals surface area contributed by atoms with E-state index in [9.17, 15) is 9.18 Å². The maximum Gasteiger partial charge on any atom is 0.258 e. The van der Waals surface area contributed by atoms with Crippen LogP contribution < -0.4 is 14.8 Å². The zero-order valence-electron chi connectivity index (χ0n) is 16.8. The van der Waals surface area contributed by atoms with E-state index in [-0.39, 0.29) is 17.6 Å². The molecule has 1 aromatic heterocycles. The smallest absolute Gasteiger partial charge is 0.258 e. The minimum absolute atomic E-state index is 0.247. The summed E-state index contributed by atoms with van der Waals surface area (Å²) in [5.41, 5.74) is 2.14. The third kappa shape index (κ3) is 4.53. The number of carbonyl (C=O) groups is 1. The fourth-order valence-corrected chi connectivity index (χ4v) is 2.93. The molecule has 4 aromatic rings. The molecule has 0 atom stereocenters. The molecule has 3 aromatic carbocycles. The highest BCUT2D eigenvalue weighted by Gasteiger charge is 2.14. The van der Waals surface area contributed by atoms with E-state index in [1.165, 1.54) is 26.4 Å². The number of aromatic nitrogens is 2. The molecule has 0 unspecified atom stereocenters. The topological polar surface area (TPSA) is 86.5 Å². The SMILES string of the molecule is COc1cc(NC(=O)c2cccc(-c3nc(-c4ccc(F)cc4)no3)c2)cc(OC)c1. The Kier molecular flexibility index (Phi) is 5.61. The number of hydrogen-bond acceptors (Lipinski definition) is 6. The zero-order chi connectivity index (χ0) is 21.8. The number of halogens is 1. The molecule has 0 radical (unpaired) electrons. The van der Waals surface area contributed by atoms with E-state index in [1.54, 1.807) is 54.6 Å². The van der Waals surface area contributed by atoms with Gasteiger partial charge in [-0.15, -0.1) is 0 Å². The molecule has 0 aliphatic heterocycles. The first-order valence-corrected chi connectivity index (χ1v) is 9.30. The average Bonchev–Trinajstić information content (AvgIpc) is 3.29. The lowest BCUT2D eigenvalue weighted by Gasteiger charge is -2.10. The summed E-state index contributed by atoms with van der Waals surface area (Å²) in [5.74, 6) is 1.02. The molecule has 0 fully saturated rings. The van der Waals surface area contributed by atoms with Crippen molar-refractivity contribution in [3.8, 4) is 34.3 Å². The number of carbonyl (C=O) groups excluding carboxylic acids is 1. The van der Waals surface area contributed by atoms with E-state index >= 15 is 0 Å². The van der Waals surface area contributed by atoms with Gasteiger partial charge in [-0.2, -0.15) is 4.98 Å². The predicted molar refractivity (Wildman–Crippen MR) is 113 cm³/mol. The Hall–Kier alpha value is -4.20. The minimum Gasteiger partial charge on any atom is -0.497 e. The molecule has 31 heavy (non-hydrogen) atoms. The first kappa shape index (κ1) is 20.1. The van der Waals surface area contributed by atoms with Crippen LogP contribution in [0.4, 0.5) is 10.1 Å². The lowest BCUT2D eigenvalue weighted by Crippen LogP contribution is -2.12. The van der Waals surface area contributed by atoms with Gasteiger partial charge >= 0.3 is 0 Å². The second-order valence-electron chi connectivity index (χ2n) is 6.57. The number of rotatable bonds is 6. The third-order valence-corrected chi connectivity index (χ3v) is 4.51. The lowest BCUT2D eigenvalue weighted by molar-refractivity contribution is 0.102. The van der Waals surface area contributed by atoms with Gasteiger partial charge in [-0.25, -0.2) is 4.39 Å². The van der Waals surface area contributed by atoms with E-state index in [1.807, 2.05) is 0 Å². The lowest BCUT2D eigenvalue weighted by atomic mass is 10.1. The van der Waals surface area contributed by atoms with Gasteiger partial charge in [0.2, 0.25) is 5.82 Å². The molecule has 1 amide bonds. The standard InChI is InChI=1S/C23H18FN3O4/c1-29-19-11-18(12-20(13-19)30-2)25-22(28)15-4-3-5-16(10-15)23-26-21(27-31-23)14-6-8-17(24)9-7-14/h3-13H,1-2H3,(H,25,28). The number of nitrogens with zero attached hydrogens (tertiary/aromatic N) is 2. The number of nitrogens with one attached hydrogen (secondary N) is 1. The Labute approximate surface area is 177 Å². The second-order valence-corrected chi connectivity index (χ2v) is 6.57. The first-order chi connectivity index (χ1) is 15.1. The number of hydrogen-bond donors (Lipinski definition) is 1. The van der Waals surface area contributed by atoms with Crippen molar-refractivity contribution in [2.24, 2.45) is 0 Å². The average molecular weight is 419 g/mol. The summed E-state index contributed by atoms with van der Waals surface area (Å²) in [6.07, 6.45) is 0. The van der Waals surface area contributed by atoms with Crippen molar-refractivity contribution in [1.29, 1.82) is 0 Å². The molecule has 0 spiro atoms. The highest BCUT2D eigenvalue weighted by molar-refractivity contribution is 6.05. The van der Waals surface area contributed by atoms with Gasteiger partial charge in [0.05, 0.1) is 14.2 Å². The normalized spacial score (nSPS) is 10.5. The Bertz CT molecular complexity index is 1200. The van der Waals surface area contributed by atoms with E-state index in [4.69, 9.17) is 14.0 Å². The van der Waals surface area contributed by atoms with Crippen molar-refractivity contribution >= 4 is 11.6 Å². The fraction of sp³-hybridized carbons (Fsp3) is 0.0870. The summed E-state index contributed by atoms with van der Waals surface area (Å²) in [4.78, 5) is 17.1. The van der Waals surface area contributed by atoms with Crippen LogP contribution in [0, 0.1) is 5.82 Å². The van der Waals surface area contributed by atoms with Gasteiger partial charge in [0.1, 0.15) is 17.3 Å². The van der Waals surface area contributed by atoms with Crippen molar-refractivity contribution in [2.45, 2.75) is 0 Å². The number of anilines is 1. The maximum absolute atomic E-state index is 13.1. The van der Waals surface area contributed by atoms with Crippen LogP contribution in [0.2, 0.25) is 0 Å².